The first-order valence-corrected chi connectivity index (χ1v) is 8.75. The number of hydrogen-bond donors (Lipinski definition) is 0. The molecule has 0 unspecified atom stereocenters. The van der Waals surface area contributed by atoms with Crippen LogP contribution in [0, 0.1) is 0 Å². The average molecular weight is 369 g/mol. The summed E-state index contributed by atoms with van der Waals surface area (Å²) in [6.45, 7) is 0.852. The summed E-state index contributed by atoms with van der Waals surface area (Å²) in [7, 11) is 4.00. The molecule has 3 aromatic rings. The van der Waals surface area contributed by atoms with E-state index in [1.165, 1.54) is 0 Å². The molecule has 134 valence electrons. The number of carbonyl (C=O) groups excluding carboxylic acids is 1. The van der Waals surface area contributed by atoms with Crippen molar-refractivity contribution in [3.8, 4) is 0 Å². The Morgan fingerprint density at radius 3 is 2.31 bits per heavy atom. The summed E-state index contributed by atoms with van der Waals surface area (Å²) < 4.78 is 5.44. The summed E-state index contributed by atoms with van der Waals surface area (Å²) in [5.41, 5.74) is 2.65. The van der Waals surface area contributed by atoms with Gasteiger partial charge in [0.05, 0.1) is 23.4 Å². The molecule has 0 aliphatic heterocycles. The molecule has 26 heavy (non-hydrogen) atoms. The molecule has 0 radical (unpaired) electrons. The second-order valence-electron chi connectivity index (χ2n) is 6.28. The number of rotatable bonds is 6. The monoisotopic (exact) mass is 368 g/mol. The van der Waals surface area contributed by atoms with Crippen LogP contribution in [0.3, 0.4) is 0 Å². The fourth-order valence-electron chi connectivity index (χ4n) is 2.72. The van der Waals surface area contributed by atoms with Gasteiger partial charge in [-0.05, 0) is 42.0 Å². The third kappa shape index (κ3) is 4.27. The van der Waals surface area contributed by atoms with E-state index >= 15 is 0 Å². The molecule has 5 heteroatoms. The van der Waals surface area contributed by atoms with Crippen LogP contribution in [-0.2, 0) is 13.1 Å². The summed E-state index contributed by atoms with van der Waals surface area (Å²) in [6, 6.07) is 18.9. The summed E-state index contributed by atoms with van der Waals surface area (Å²) in [6.07, 6.45) is 1.61. The molecule has 0 bridgehead atoms. The van der Waals surface area contributed by atoms with Gasteiger partial charge in [0.2, 0.25) is 0 Å². The van der Waals surface area contributed by atoms with Crippen LogP contribution in [0.4, 0.5) is 5.69 Å². The number of benzene rings is 2. The third-order valence-corrected chi connectivity index (χ3v) is 4.47. The third-order valence-electron chi connectivity index (χ3n) is 4.14. The molecule has 1 heterocycles. The van der Waals surface area contributed by atoms with Crippen LogP contribution >= 0.6 is 11.6 Å². The largest absolute Gasteiger partial charge is 0.467 e. The van der Waals surface area contributed by atoms with E-state index < -0.39 is 0 Å². The minimum absolute atomic E-state index is 0.122. The molecule has 2 aromatic carbocycles. The first-order valence-electron chi connectivity index (χ1n) is 8.37. The highest BCUT2D eigenvalue weighted by atomic mass is 35.5. The lowest BCUT2D eigenvalue weighted by molar-refractivity contribution is 0.0718. The molecule has 0 aliphatic rings. The molecular weight excluding hydrogens is 348 g/mol. The SMILES string of the molecule is CN(C)c1ccc(CN(Cc2ccco2)C(=O)c2ccccc2Cl)cc1. The zero-order chi connectivity index (χ0) is 18.5. The summed E-state index contributed by atoms with van der Waals surface area (Å²) >= 11 is 6.23. The minimum Gasteiger partial charge on any atom is -0.467 e. The predicted molar refractivity (Wildman–Crippen MR) is 105 cm³/mol. The number of hydrogen-bond acceptors (Lipinski definition) is 3. The van der Waals surface area contributed by atoms with Crippen LogP contribution in [0.2, 0.25) is 5.02 Å². The van der Waals surface area contributed by atoms with Crippen molar-refractivity contribution in [2.24, 2.45) is 0 Å². The van der Waals surface area contributed by atoms with E-state index in [2.05, 4.69) is 0 Å². The fraction of sp³-hybridized carbons (Fsp3) is 0.190. The van der Waals surface area contributed by atoms with E-state index in [0.717, 1.165) is 17.0 Å². The topological polar surface area (TPSA) is 36.7 Å². The quantitative estimate of drug-likeness (QED) is 0.624. The molecule has 0 saturated carbocycles. The predicted octanol–water partition coefficient (Wildman–Crippen LogP) is 4.84. The van der Waals surface area contributed by atoms with Crippen LogP contribution in [0.15, 0.2) is 71.3 Å². The van der Waals surface area contributed by atoms with Crippen molar-refractivity contribution in [3.63, 3.8) is 0 Å². The highest BCUT2D eigenvalue weighted by molar-refractivity contribution is 6.33. The highest BCUT2D eigenvalue weighted by Gasteiger charge is 2.20. The Bertz CT molecular complexity index is 858. The molecule has 4 nitrogen and oxygen atoms in total. The number of nitrogens with zero attached hydrogens (tertiary/aromatic N) is 2. The van der Waals surface area contributed by atoms with E-state index in [1.54, 1.807) is 23.3 Å². The molecule has 0 aliphatic carbocycles. The number of anilines is 1. The van der Waals surface area contributed by atoms with Gasteiger partial charge < -0.3 is 14.2 Å². The van der Waals surface area contributed by atoms with Crippen molar-refractivity contribution >= 4 is 23.2 Å². The van der Waals surface area contributed by atoms with Crippen molar-refractivity contribution in [2.45, 2.75) is 13.1 Å². The second kappa shape index (κ2) is 8.11. The van der Waals surface area contributed by atoms with E-state index in [1.807, 2.05) is 67.5 Å². The van der Waals surface area contributed by atoms with E-state index in [-0.39, 0.29) is 5.91 Å². The molecule has 0 saturated heterocycles. The minimum atomic E-state index is -0.122. The van der Waals surface area contributed by atoms with Gasteiger partial charge in [0.25, 0.3) is 5.91 Å². The maximum absolute atomic E-state index is 13.1. The van der Waals surface area contributed by atoms with Crippen molar-refractivity contribution in [3.05, 3.63) is 88.8 Å². The highest BCUT2D eigenvalue weighted by Crippen LogP contribution is 2.21. The maximum atomic E-state index is 13.1. The van der Waals surface area contributed by atoms with Gasteiger partial charge in [-0.15, -0.1) is 0 Å². The van der Waals surface area contributed by atoms with Crippen LogP contribution < -0.4 is 4.90 Å². The Balaban J connectivity index is 1.85. The zero-order valence-corrected chi connectivity index (χ0v) is 15.6. The smallest absolute Gasteiger partial charge is 0.256 e. The van der Waals surface area contributed by atoms with Crippen molar-refractivity contribution in [1.29, 1.82) is 0 Å². The Labute approximate surface area is 158 Å². The average Bonchev–Trinajstić information content (AvgIpc) is 3.14. The molecule has 1 aromatic heterocycles. The Kier molecular flexibility index (Phi) is 5.64. The Hall–Kier alpha value is -2.72. The van der Waals surface area contributed by atoms with Gasteiger partial charge in [0.1, 0.15) is 5.76 Å². The van der Waals surface area contributed by atoms with E-state index in [0.29, 0.717) is 23.7 Å². The van der Waals surface area contributed by atoms with Crippen LogP contribution in [0.5, 0.6) is 0 Å². The van der Waals surface area contributed by atoms with E-state index in [9.17, 15) is 4.79 Å². The van der Waals surface area contributed by atoms with Crippen molar-refractivity contribution in [2.75, 3.05) is 19.0 Å². The number of amides is 1. The van der Waals surface area contributed by atoms with Gasteiger partial charge in [0, 0.05) is 26.3 Å². The number of furan rings is 1. The lowest BCUT2D eigenvalue weighted by Gasteiger charge is -2.23. The Morgan fingerprint density at radius 2 is 1.69 bits per heavy atom. The molecule has 1 amide bonds. The lowest BCUT2D eigenvalue weighted by atomic mass is 10.1. The molecule has 3 rings (SSSR count). The number of carbonyl (C=O) groups is 1. The summed E-state index contributed by atoms with van der Waals surface area (Å²) in [5.74, 6) is 0.610. The van der Waals surface area contributed by atoms with Gasteiger partial charge in [-0.25, -0.2) is 0 Å². The van der Waals surface area contributed by atoms with Gasteiger partial charge >= 0.3 is 0 Å². The second-order valence-corrected chi connectivity index (χ2v) is 6.69. The van der Waals surface area contributed by atoms with Crippen molar-refractivity contribution < 1.29 is 9.21 Å². The fourth-order valence-corrected chi connectivity index (χ4v) is 2.93. The van der Waals surface area contributed by atoms with E-state index in [4.69, 9.17) is 16.0 Å². The van der Waals surface area contributed by atoms with Crippen LogP contribution in [-0.4, -0.2) is 24.9 Å². The first kappa shape index (κ1) is 18.1. The first-order chi connectivity index (χ1) is 12.5. The number of halogens is 1. The van der Waals surface area contributed by atoms with Crippen molar-refractivity contribution in [1.82, 2.24) is 4.90 Å². The molecule has 0 N–H and O–H groups in total. The van der Waals surface area contributed by atoms with Gasteiger partial charge in [-0.2, -0.15) is 0 Å². The molecular formula is C21H21ClN2O2. The molecule has 0 spiro atoms. The maximum Gasteiger partial charge on any atom is 0.256 e. The Morgan fingerprint density at radius 1 is 0.962 bits per heavy atom. The summed E-state index contributed by atoms with van der Waals surface area (Å²) in [4.78, 5) is 16.8. The van der Waals surface area contributed by atoms with Crippen LogP contribution in [0.25, 0.3) is 0 Å². The standard InChI is InChI=1S/C21H21ClN2O2/c1-23(2)17-11-9-16(10-12-17)14-24(15-18-6-5-13-26-18)21(25)19-7-3-4-8-20(19)22/h3-13H,14-15H2,1-2H3. The van der Waals surface area contributed by atoms with Gasteiger partial charge in [-0.3, -0.25) is 4.79 Å². The van der Waals surface area contributed by atoms with Gasteiger partial charge in [-0.1, -0.05) is 35.9 Å². The molecule has 0 fully saturated rings. The zero-order valence-electron chi connectivity index (χ0n) is 14.9. The van der Waals surface area contributed by atoms with Gasteiger partial charge in [0.15, 0.2) is 0 Å². The molecule has 0 atom stereocenters. The van der Waals surface area contributed by atoms with Crippen LogP contribution in [0.1, 0.15) is 21.7 Å². The summed E-state index contributed by atoms with van der Waals surface area (Å²) in [5, 5.41) is 0.449. The normalized spacial score (nSPS) is 10.6. The lowest BCUT2D eigenvalue weighted by Crippen LogP contribution is -2.30.